The van der Waals surface area contributed by atoms with Gasteiger partial charge in [0, 0.05) is 17.4 Å². The van der Waals surface area contributed by atoms with Gasteiger partial charge in [-0.05, 0) is 31.0 Å². The Labute approximate surface area is 87.9 Å². The minimum atomic E-state index is -0.227. The third kappa shape index (κ3) is 1.54. The molecule has 1 aliphatic rings. The average Bonchev–Trinajstić information content (AvgIpc) is 2.84. The van der Waals surface area contributed by atoms with Gasteiger partial charge in [0.05, 0.1) is 0 Å². The molecule has 1 aromatic heterocycles. The summed E-state index contributed by atoms with van der Waals surface area (Å²) in [5.41, 5.74) is 0.678. The van der Waals surface area contributed by atoms with Gasteiger partial charge in [0.25, 0.3) is 0 Å². The van der Waals surface area contributed by atoms with Gasteiger partial charge in [-0.25, -0.2) is 4.39 Å². The molecule has 0 aliphatic heterocycles. The molecule has 0 radical (unpaired) electrons. The molecule has 2 aromatic rings. The molecule has 0 N–H and O–H groups in total. The van der Waals surface area contributed by atoms with Gasteiger partial charge in [-0.1, -0.05) is 12.8 Å². The van der Waals surface area contributed by atoms with Crippen LogP contribution in [0.15, 0.2) is 28.7 Å². The molecule has 0 bridgehead atoms. The van der Waals surface area contributed by atoms with Crippen molar-refractivity contribution >= 4 is 11.0 Å². The fourth-order valence-corrected chi connectivity index (χ4v) is 2.44. The van der Waals surface area contributed by atoms with Crippen LogP contribution < -0.4 is 0 Å². The van der Waals surface area contributed by atoms with Crippen LogP contribution in [-0.2, 0) is 0 Å². The lowest BCUT2D eigenvalue weighted by atomic mass is 10.1. The molecule has 1 nitrogen and oxygen atoms in total. The Bertz CT molecular complexity index is 480. The van der Waals surface area contributed by atoms with E-state index in [0.717, 1.165) is 11.1 Å². The van der Waals surface area contributed by atoms with Crippen molar-refractivity contribution in [3.63, 3.8) is 0 Å². The third-order valence-corrected chi connectivity index (χ3v) is 3.26. The maximum Gasteiger partial charge on any atom is 0.137 e. The predicted molar refractivity (Wildman–Crippen MR) is 57.4 cm³/mol. The van der Waals surface area contributed by atoms with Crippen LogP contribution >= 0.6 is 0 Å². The highest BCUT2D eigenvalue weighted by Gasteiger charge is 2.20. The second-order valence-corrected chi connectivity index (χ2v) is 4.31. The Balaban J connectivity index is 2.05. The SMILES string of the molecule is Fc1ccc2cc(C3CCCC3)oc2c1. The van der Waals surface area contributed by atoms with E-state index in [-0.39, 0.29) is 5.82 Å². The molecule has 1 fully saturated rings. The summed E-state index contributed by atoms with van der Waals surface area (Å²) in [7, 11) is 0. The van der Waals surface area contributed by atoms with Crippen LogP contribution in [0.2, 0.25) is 0 Å². The van der Waals surface area contributed by atoms with Gasteiger partial charge in [-0.3, -0.25) is 0 Å². The van der Waals surface area contributed by atoms with Crippen LogP contribution in [-0.4, -0.2) is 0 Å². The summed E-state index contributed by atoms with van der Waals surface area (Å²) in [5.74, 6) is 1.36. The van der Waals surface area contributed by atoms with Gasteiger partial charge >= 0.3 is 0 Å². The number of halogens is 1. The van der Waals surface area contributed by atoms with Crippen molar-refractivity contribution in [3.8, 4) is 0 Å². The van der Waals surface area contributed by atoms with E-state index in [1.807, 2.05) is 0 Å². The highest BCUT2D eigenvalue weighted by molar-refractivity contribution is 5.78. The minimum Gasteiger partial charge on any atom is -0.461 e. The van der Waals surface area contributed by atoms with Crippen LogP contribution in [0.25, 0.3) is 11.0 Å². The van der Waals surface area contributed by atoms with E-state index in [2.05, 4.69) is 6.07 Å². The van der Waals surface area contributed by atoms with E-state index in [4.69, 9.17) is 4.42 Å². The lowest BCUT2D eigenvalue weighted by Gasteiger charge is -2.02. The maximum absolute atomic E-state index is 13.0. The second-order valence-electron chi connectivity index (χ2n) is 4.31. The van der Waals surface area contributed by atoms with Crippen molar-refractivity contribution in [1.29, 1.82) is 0 Å². The highest BCUT2D eigenvalue weighted by Crippen LogP contribution is 2.36. The Hall–Kier alpha value is -1.31. The summed E-state index contributed by atoms with van der Waals surface area (Å²) in [6.07, 6.45) is 5.00. The zero-order chi connectivity index (χ0) is 10.3. The Morgan fingerprint density at radius 3 is 2.73 bits per heavy atom. The van der Waals surface area contributed by atoms with E-state index in [1.54, 1.807) is 6.07 Å². The number of hydrogen-bond acceptors (Lipinski definition) is 1. The monoisotopic (exact) mass is 204 g/mol. The molecule has 0 atom stereocenters. The average molecular weight is 204 g/mol. The summed E-state index contributed by atoms with van der Waals surface area (Å²) in [5, 5.41) is 1.01. The summed E-state index contributed by atoms with van der Waals surface area (Å²) >= 11 is 0. The van der Waals surface area contributed by atoms with E-state index in [1.165, 1.54) is 37.8 Å². The van der Waals surface area contributed by atoms with Gasteiger partial charge in [0.2, 0.25) is 0 Å². The Morgan fingerprint density at radius 1 is 1.13 bits per heavy atom. The molecule has 1 aliphatic carbocycles. The first-order valence-corrected chi connectivity index (χ1v) is 5.52. The Morgan fingerprint density at radius 2 is 1.93 bits per heavy atom. The normalized spacial score (nSPS) is 17.7. The number of rotatable bonds is 1. The topological polar surface area (TPSA) is 13.1 Å². The van der Waals surface area contributed by atoms with Gasteiger partial charge in [-0.2, -0.15) is 0 Å². The standard InChI is InChI=1S/C13H13FO/c14-11-6-5-10-7-12(15-13(10)8-11)9-3-1-2-4-9/h5-9H,1-4H2. The van der Waals surface area contributed by atoms with Crippen LogP contribution in [0.1, 0.15) is 37.4 Å². The zero-order valence-electron chi connectivity index (χ0n) is 8.50. The van der Waals surface area contributed by atoms with E-state index in [9.17, 15) is 4.39 Å². The van der Waals surface area contributed by atoms with Gasteiger partial charge in [-0.15, -0.1) is 0 Å². The first kappa shape index (κ1) is 8.96. The first-order valence-electron chi connectivity index (χ1n) is 5.52. The number of benzene rings is 1. The van der Waals surface area contributed by atoms with E-state index >= 15 is 0 Å². The first-order chi connectivity index (χ1) is 7.33. The van der Waals surface area contributed by atoms with Crippen molar-refractivity contribution < 1.29 is 8.81 Å². The molecule has 78 valence electrons. The molecule has 1 aromatic carbocycles. The Kier molecular flexibility index (Phi) is 2.01. The fraction of sp³-hybridized carbons (Fsp3) is 0.385. The summed E-state index contributed by atoms with van der Waals surface area (Å²) < 4.78 is 18.7. The van der Waals surface area contributed by atoms with Crippen LogP contribution in [0.5, 0.6) is 0 Å². The molecule has 3 rings (SSSR count). The fourth-order valence-electron chi connectivity index (χ4n) is 2.44. The molecule has 0 saturated heterocycles. The van der Waals surface area contributed by atoms with Crippen LogP contribution in [0.4, 0.5) is 4.39 Å². The van der Waals surface area contributed by atoms with E-state index < -0.39 is 0 Å². The second kappa shape index (κ2) is 3.37. The largest absolute Gasteiger partial charge is 0.461 e. The molecular weight excluding hydrogens is 191 g/mol. The minimum absolute atomic E-state index is 0.227. The van der Waals surface area contributed by atoms with Crippen molar-refractivity contribution in [2.75, 3.05) is 0 Å². The number of fused-ring (bicyclic) bond motifs is 1. The lowest BCUT2D eigenvalue weighted by Crippen LogP contribution is -1.87. The van der Waals surface area contributed by atoms with Crippen molar-refractivity contribution in [2.45, 2.75) is 31.6 Å². The molecular formula is C13H13FO. The third-order valence-electron chi connectivity index (χ3n) is 3.26. The quantitative estimate of drug-likeness (QED) is 0.677. The molecule has 0 unspecified atom stereocenters. The molecule has 0 spiro atoms. The van der Waals surface area contributed by atoms with Crippen molar-refractivity contribution in [2.24, 2.45) is 0 Å². The van der Waals surface area contributed by atoms with Gasteiger partial charge in [0.15, 0.2) is 0 Å². The summed E-state index contributed by atoms with van der Waals surface area (Å²) in [4.78, 5) is 0. The summed E-state index contributed by atoms with van der Waals surface area (Å²) in [6, 6.07) is 6.79. The van der Waals surface area contributed by atoms with E-state index in [0.29, 0.717) is 11.5 Å². The van der Waals surface area contributed by atoms with Gasteiger partial charge in [0.1, 0.15) is 17.2 Å². The molecule has 0 amide bonds. The molecule has 2 heteroatoms. The zero-order valence-corrected chi connectivity index (χ0v) is 8.50. The van der Waals surface area contributed by atoms with Crippen molar-refractivity contribution in [1.82, 2.24) is 0 Å². The number of hydrogen-bond donors (Lipinski definition) is 0. The van der Waals surface area contributed by atoms with Crippen molar-refractivity contribution in [3.05, 3.63) is 35.8 Å². The van der Waals surface area contributed by atoms with Gasteiger partial charge < -0.3 is 4.42 Å². The predicted octanol–water partition coefficient (Wildman–Crippen LogP) is 4.23. The molecule has 1 heterocycles. The maximum atomic E-state index is 13.0. The van der Waals surface area contributed by atoms with Crippen LogP contribution in [0.3, 0.4) is 0 Å². The highest BCUT2D eigenvalue weighted by atomic mass is 19.1. The molecule has 1 saturated carbocycles. The smallest absolute Gasteiger partial charge is 0.137 e. The van der Waals surface area contributed by atoms with Crippen LogP contribution in [0, 0.1) is 5.82 Å². The summed E-state index contributed by atoms with van der Waals surface area (Å²) in [6.45, 7) is 0. The molecule has 15 heavy (non-hydrogen) atoms. The lowest BCUT2D eigenvalue weighted by molar-refractivity contribution is 0.492. The number of furan rings is 1.